The number of rotatable bonds is 5. The fraction of sp³-hybridized carbons (Fsp3) is 0. The molecule has 0 saturated heterocycles. The van der Waals surface area contributed by atoms with Crippen molar-refractivity contribution in [1.29, 1.82) is 0 Å². The van der Waals surface area contributed by atoms with Crippen LogP contribution in [0.5, 0.6) is 0 Å². The number of nitrogens with zero attached hydrogens (tertiary/aromatic N) is 4. The smallest absolute Gasteiger partial charge is 0.270 e. The van der Waals surface area contributed by atoms with Crippen molar-refractivity contribution in [3.05, 3.63) is 74.3 Å². The second-order valence-electron chi connectivity index (χ2n) is 4.98. The lowest BCUT2D eigenvalue weighted by Gasteiger charge is -2.00. The van der Waals surface area contributed by atoms with Crippen LogP contribution in [0.25, 0.3) is 10.6 Å². The summed E-state index contributed by atoms with van der Waals surface area (Å²) in [6.07, 6.45) is 0. The Hall–Kier alpha value is -3.73. The topological polar surface area (TPSA) is 141 Å². The number of carbonyl (C=O) groups excluding carboxylic acids is 1. The summed E-state index contributed by atoms with van der Waals surface area (Å²) in [7, 11) is 0. The van der Waals surface area contributed by atoms with Crippen molar-refractivity contribution in [2.24, 2.45) is 0 Å². The van der Waals surface area contributed by atoms with E-state index in [1.807, 2.05) is 0 Å². The summed E-state index contributed by atoms with van der Waals surface area (Å²) in [6, 6.07) is 11.0. The average Bonchev–Trinajstić information content (AvgIpc) is 3.10. The molecule has 0 spiro atoms. The van der Waals surface area contributed by atoms with Crippen LogP contribution in [-0.2, 0) is 0 Å². The van der Waals surface area contributed by atoms with E-state index in [-0.39, 0.29) is 22.1 Å². The third-order valence-corrected chi connectivity index (χ3v) is 4.18. The summed E-state index contributed by atoms with van der Waals surface area (Å²) < 4.78 is 0. The predicted octanol–water partition coefficient (Wildman–Crippen LogP) is 3.27. The normalized spacial score (nSPS) is 10.3. The first-order valence-corrected chi connectivity index (χ1v) is 7.90. The van der Waals surface area contributed by atoms with Gasteiger partial charge in [0.1, 0.15) is 5.01 Å². The number of non-ortho nitro benzene ring substituents is 2. The highest BCUT2D eigenvalue weighted by Crippen LogP contribution is 2.29. The number of hydrogen-bond donors (Lipinski definition) is 1. The van der Waals surface area contributed by atoms with Gasteiger partial charge in [0.25, 0.3) is 17.3 Å². The van der Waals surface area contributed by atoms with Gasteiger partial charge in [-0.3, -0.25) is 30.3 Å². The van der Waals surface area contributed by atoms with Gasteiger partial charge in [-0.2, -0.15) is 0 Å². The van der Waals surface area contributed by atoms with Gasteiger partial charge in [-0.15, -0.1) is 10.2 Å². The predicted molar refractivity (Wildman–Crippen MR) is 93.0 cm³/mol. The summed E-state index contributed by atoms with van der Waals surface area (Å²) in [5.41, 5.74) is 0.537. The molecule has 3 aromatic rings. The van der Waals surface area contributed by atoms with E-state index in [1.54, 1.807) is 6.07 Å². The molecule has 0 atom stereocenters. The van der Waals surface area contributed by atoms with Crippen LogP contribution < -0.4 is 5.32 Å². The molecule has 0 saturated carbocycles. The van der Waals surface area contributed by atoms with Crippen molar-refractivity contribution in [3.63, 3.8) is 0 Å². The monoisotopic (exact) mass is 371 g/mol. The quantitative estimate of drug-likeness (QED) is 0.536. The Morgan fingerprint density at radius 1 is 0.962 bits per heavy atom. The highest BCUT2D eigenvalue weighted by molar-refractivity contribution is 7.18. The lowest BCUT2D eigenvalue weighted by Crippen LogP contribution is -2.11. The molecule has 1 aromatic heterocycles. The Kier molecular flexibility index (Phi) is 4.62. The first-order valence-electron chi connectivity index (χ1n) is 7.08. The summed E-state index contributed by atoms with van der Waals surface area (Å²) in [5, 5.41) is 32.4. The third kappa shape index (κ3) is 3.67. The van der Waals surface area contributed by atoms with E-state index >= 15 is 0 Å². The van der Waals surface area contributed by atoms with Gasteiger partial charge >= 0.3 is 0 Å². The molecule has 130 valence electrons. The highest BCUT2D eigenvalue weighted by atomic mass is 32.1. The number of anilines is 1. The van der Waals surface area contributed by atoms with Crippen LogP contribution in [0.3, 0.4) is 0 Å². The van der Waals surface area contributed by atoms with E-state index in [9.17, 15) is 25.0 Å². The molecule has 0 aliphatic carbocycles. The first kappa shape index (κ1) is 17.1. The van der Waals surface area contributed by atoms with E-state index in [0.717, 1.165) is 11.3 Å². The molecule has 1 amide bonds. The molecular formula is C15H9N5O5S. The second kappa shape index (κ2) is 7.03. The largest absolute Gasteiger partial charge is 0.296 e. The van der Waals surface area contributed by atoms with Gasteiger partial charge in [0.05, 0.1) is 9.85 Å². The molecule has 26 heavy (non-hydrogen) atoms. The number of hydrogen-bond acceptors (Lipinski definition) is 8. The Morgan fingerprint density at radius 2 is 1.65 bits per heavy atom. The standard InChI is InChI=1S/C15H9N5O5S/c21-13(9-4-6-11(7-5-9)19(22)23)16-15-18-17-14(26-15)10-2-1-3-12(8-10)20(24)25/h1-8H,(H,16,18,21). The molecule has 1 N–H and O–H groups in total. The molecule has 0 unspecified atom stereocenters. The third-order valence-electron chi connectivity index (χ3n) is 3.29. The van der Waals surface area contributed by atoms with Crippen molar-refractivity contribution < 1.29 is 14.6 Å². The maximum absolute atomic E-state index is 12.2. The molecule has 0 fully saturated rings. The van der Waals surface area contributed by atoms with Crippen LogP contribution in [0.2, 0.25) is 0 Å². The molecule has 0 aliphatic heterocycles. The van der Waals surface area contributed by atoms with Gasteiger partial charge in [-0.25, -0.2) is 0 Å². The minimum atomic E-state index is -0.558. The molecule has 0 bridgehead atoms. The molecule has 10 nitrogen and oxygen atoms in total. The number of amides is 1. The molecule has 11 heteroatoms. The molecule has 1 heterocycles. The summed E-state index contributed by atoms with van der Waals surface area (Å²) in [5.74, 6) is -0.498. The number of aromatic nitrogens is 2. The van der Waals surface area contributed by atoms with Gasteiger partial charge < -0.3 is 0 Å². The van der Waals surface area contributed by atoms with Gasteiger partial charge in [0, 0.05) is 35.4 Å². The summed E-state index contributed by atoms with van der Waals surface area (Å²) in [4.78, 5) is 32.5. The fourth-order valence-electron chi connectivity index (χ4n) is 2.05. The van der Waals surface area contributed by atoms with E-state index in [0.29, 0.717) is 10.6 Å². The first-order chi connectivity index (χ1) is 12.4. The van der Waals surface area contributed by atoms with E-state index in [2.05, 4.69) is 15.5 Å². The average molecular weight is 371 g/mol. The van der Waals surface area contributed by atoms with Crippen molar-refractivity contribution in [2.75, 3.05) is 5.32 Å². The van der Waals surface area contributed by atoms with Crippen LogP contribution in [0.15, 0.2) is 48.5 Å². The number of nitro benzene ring substituents is 2. The lowest BCUT2D eigenvalue weighted by molar-refractivity contribution is -0.385. The van der Waals surface area contributed by atoms with Crippen LogP contribution >= 0.6 is 11.3 Å². The number of nitro groups is 2. The maximum atomic E-state index is 12.2. The zero-order valence-corrected chi connectivity index (χ0v) is 13.7. The van der Waals surface area contributed by atoms with Crippen LogP contribution in [0.4, 0.5) is 16.5 Å². The zero-order chi connectivity index (χ0) is 18.7. The minimum absolute atomic E-state index is 0.0748. The van der Waals surface area contributed by atoms with Crippen molar-refractivity contribution in [3.8, 4) is 10.6 Å². The lowest BCUT2D eigenvalue weighted by atomic mass is 10.2. The van der Waals surface area contributed by atoms with Crippen molar-refractivity contribution in [2.45, 2.75) is 0 Å². The minimum Gasteiger partial charge on any atom is -0.296 e. The van der Waals surface area contributed by atoms with Crippen molar-refractivity contribution >= 4 is 33.8 Å². The highest BCUT2D eigenvalue weighted by Gasteiger charge is 2.14. The van der Waals surface area contributed by atoms with Crippen LogP contribution in [0.1, 0.15) is 10.4 Å². The molecule has 0 radical (unpaired) electrons. The summed E-state index contributed by atoms with van der Waals surface area (Å²) in [6.45, 7) is 0. The fourth-order valence-corrected chi connectivity index (χ4v) is 2.78. The van der Waals surface area contributed by atoms with Gasteiger partial charge in [0.2, 0.25) is 5.13 Å². The van der Waals surface area contributed by atoms with E-state index in [1.165, 1.54) is 42.5 Å². The van der Waals surface area contributed by atoms with Gasteiger partial charge in [0.15, 0.2) is 0 Å². The van der Waals surface area contributed by atoms with Crippen molar-refractivity contribution in [1.82, 2.24) is 10.2 Å². The molecular weight excluding hydrogens is 362 g/mol. The number of carbonyl (C=O) groups is 1. The SMILES string of the molecule is O=C(Nc1nnc(-c2cccc([N+](=O)[O-])c2)s1)c1ccc([N+](=O)[O-])cc1. The number of nitrogens with one attached hydrogen (secondary N) is 1. The van der Waals surface area contributed by atoms with Gasteiger partial charge in [-0.1, -0.05) is 23.5 Å². The summed E-state index contributed by atoms with van der Waals surface area (Å²) >= 11 is 1.05. The Labute approximate surface area is 149 Å². The number of benzene rings is 2. The second-order valence-corrected chi connectivity index (χ2v) is 5.96. The Bertz CT molecular complexity index is 1000. The molecule has 3 rings (SSSR count). The van der Waals surface area contributed by atoms with E-state index in [4.69, 9.17) is 0 Å². The molecule has 0 aliphatic rings. The maximum Gasteiger partial charge on any atom is 0.270 e. The van der Waals surface area contributed by atoms with Crippen LogP contribution in [0, 0.1) is 20.2 Å². The van der Waals surface area contributed by atoms with E-state index < -0.39 is 15.8 Å². The Balaban J connectivity index is 1.76. The zero-order valence-electron chi connectivity index (χ0n) is 12.9. The molecule has 2 aromatic carbocycles. The Morgan fingerprint density at radius 3 is 2.31 bits per heavy atom. The van der Waals surface area contributed by atoms with Gasteiger partial charge in [-0.05, 0) is 12.1 Å². The van der Waals surface area contributed by atoms with Crippen LogP contribution in [-0.4, -0.2) is 26.0 Å².